The van der Waals surface area contributed by atoms with Crippen LogP contribution < -0.4 is 0 Å². The van der Waals surface area contributed by atoms with Gasteiger partial charge in [-0.25, -0.2) is 0 Å². The van der Waals surface area contributed by atoms with Gasteiger partial charge in [-0.1, -0.05) is 13.8 Å². The van der Waals surface area contributed by atoms with Gasteiger partial charge < -0.3 is 4.74 Å². The van der Waals surface area contributed by atoms with Crippen molar-refractivity contribution in [3.05, 3.63) is 0 Å². The van der Waals surface area contributed by atoms with Crippen LogP contribution in [0.1, 0.15) is 46.5 Å². The largest absolute Gasteiger partial charge is 0.375 e. The highest BCUT2D eigenvalue weighted by molar-refractivity contribution is 4.87. The summed E-state index contributed by atoms with van der Waals surface area (Å²) in [4.78, 5) is 0. The minimum Gasteiger partial charge on any atom is -0.375 e. The van der Waals surface area contributed by atoms with Crippen molar-refractivity contribution in [3.63, 3.8) is 0 Å². The highest BCUT2D eigenvalue weighted by atomic mass is 16.5. The second kappa shape index (κ2) is 3.61. The Morgan fingerprint density at radius 3 is 2.23 bits per heavy atom. The molecule has 0 aromatic rings. The Balaban J connectivity index is 1.93. The summed E-state index contributed by atoms with van der Waals surface area (Å²) >= 11 is 0. The summed E-state index contributed by atoms with van der Waals surface area (Å²) in [6, 6.07) is 0. The van der Waals surface area contributed by atoms with E-state index in [0.29, 0.717) is 12.2 Å². The quantitative estimate of drug-likeness (QED) is 0.605. The number of ether oxygens (including phenoxy) is 1. The smallest absolute Gasteiger partial charge is 0.0610 e. The normalized spacial score (nSPS) is 51.5. The van der Waals surface area contributed by atoms with Gasteiger partial charge in [0.25, 0.3) is 0 Å². The third-order valence-corrected chi connectivity index (χ3v) is 3.92. The van der Waals surface area contributed by atoms with Crippen molar-refractivity contribution in [2.45, 2.75) is 58.7 Å². The van der Waals surface area contributed by atoms with Gasteiger partial charge in [-0.2, -0.15) is 0 Å². The van der Waals surface area contributed by atoms with Gasteiger partial charge in [0.1, 0.15) is 0 Å². The van der Waals surface area contributed by atoms with Gasteiger partial charge in [0.15, 0.2) is 0 Å². The molecule has 1 heterocycles. The molecule has 0 bridgehead atoms. The summed E-state index contributed by atoms with van der Waals surface area (Å²) in [5.41, 5.74) is 0. The molecular formula is C12H22O. The lowest BCUT2D eigenvalue weighted by Gasteiger charge is -2.22. The van der Waals surface area contributed by atoms with Crippen LogP contribution in [-0.4, -0.2) is 12.2 Å². The molecule has 0 aromatic heterocycles. The van der Waals surface area contributed by atoms with Gasteiger partial charge in [0.2, 0.25) is 0 Å². The Bertz CT molecular complexity index is 178. The Morgan fingerprint density at radius 2 is 1.77 bits per heavy atom. The monoisotopic (exact) mass is 182 g/mol. The zero-order valence-corrected chi connectivity index (χ0v) is 9.12. The molecule has 1 aliphatic heterocycles. The van der Waals surface area contributed by atoms with E-state index >= 15 is 0 Å². The van der Waals surface area contributed by atoms with Crippen molar-refractivity contribution in [2.24, 2.45) is 17.8 Å². The molecular weight excluding hydrogens is 160 g/mol. The predicted molar refractivity (Wildman–Crippen MR) is 54.6 cm³/mol. The molecule has 13 heavy (non-hydrogen) atoms. The molecule has 1 heteroatoms. The van der Waals surface area contributed by atoms with Gasteiger partial charge in [-0.05, 0) is 50.4 Å². The Hall–Kier alpha value is -0.0400. The van der Waals surface area contributed by atoms with Crippen LogP contribution in [0.25, 0.3) is 0 Å². The summed E-state index contributed by atoms with van der Waals surface area (Å²) < 4.78 is 5.96. The second-order valence-corrected chi connectivity index (χ2v) is 5.28. The number of rotatable bonds is 1. The van der Waals surface area contributed by atoms with Crippen molar-refractivity contribution in [1.29, 1.82) is 0 Å². The molecule has 2 rings (SSSR count). The molecule has 1 saturated heterocycles. The second-order valence-electron chi connectivity index (χ2n) is 5.28. The van der Waals surface area contributed by atoms with Crippen LogP contribution in [0.3, 0.4) is 0 Å². The standard InChI is InChI=1S/C12H22O/c1-8-6-9(2)11(7-8)12-5-4-10(3)13-12/h8-12H,4-7H2,1-3H3. The van der Waals surface area contributed by atoms with Crippen molar-refractivity contribution in [1.82, 2.24) is 0 Å². The molecule has 5 unspecified atom stereocenters. The van der Waals surface area contributed by atoms with E-state index in [0.717, 1.165) is 17.8 Å². The average Bonchev–Trinajstić information content (AvgIpc) is 2.58. The average molecular weight is 182 g/mol. The zero-order valence-electron chi connectivity index (χ0n) is 9.12. The first-order valence-corrected chi connectivity index (χ1v) is 5.82. The van der Waals surface area contributed by atoms with Crippen LogP contribution in [0.4, 0.5) is 0 Å². The maximum Gasteiger partial charge on any atom is 0.0610 e. The van der Waals surface area contributed by atoms with Crippen LogP contribution in [0.15, 0.2) is 0 Å². The van der Waals surface area contributed by atoms with Gasteiger partial charge in [0, 0.05) is 0 Å². The van der Waals surface area contributed by atoms with E-state index in [2.05, 4.69) is 20.8 Å². The van der Waals surface area contributed by atoms with Gasteiger partial charge in [0.05, 0.1) is 12.2 Å². The number of hydrogen-bond donors (Lipinski definition) is 0. The Kier molecular flexibility index (Phi) is 2.64. The van der Waals surface area contributed by atoms with Crippen molar-refractivity contribution < 1.29 is 4.74 Å². The maximum atomic E-state index is 5.96. The third kappa shape index (κ3) is 1.90. The van der Waals surface area contributed by atoms with Crippen molar-refractivity contribution in [2.75, 3.05) is 0 Å². The van der Waals surface area contributed by atoms with E-state index in [1.165, 1.54) is 25.7 Å². The molecule has 2 aliphatic rings. The summed E-state index contributed by atoms with van der Waals surface area (Å²) in [6.45, 7) is 7.00. The maximum absolute atomic E-state index is 5.96. The number of hydrogen-bond acceptors (Lipinski definition) is 1. The van der Waals surface area contributed by atoms with Crippen LogP contribution >= 0.6 is 0 Å². The highest BCUT2D eigenvalue weighted by Crippen LogP contribution is 2.42. The van der Waals surface area contributed by atoms with Gasteiger partial charge in [-0.3, -0.25) is 0 Å². The molecule has 2 fully saturated rings. The van der Waals surface area contributed by atoms with Crippen molar-refractivity contribution >= 4 is 0 Å². The summed E-state index contributed by atoms with van der Waals surface area (Å²) in [5.74, 6) is 2.68. The van der Waals surface area contributed by atoms with E-state index in [-0.39, 0.29) is 0 Å². The first-order valence-electron chi connectivity index (χ1n) is 5.82. The third-order valence-electron chi connectivity index (χ3n) is 3.92. The molecule has 1 nitrogen and oxygen atoms in total. The zero-order chi connectivity index (χ0) is 9.42. The fourth-order valence-corrected chi connectivity index (χ4v) is 3.27. The first kappa shape index (κ1) is 9.51. The van der Waals surface area contributed by atoms with Crippen LogP contribution in [0.5, 0.6) is 0 Å². The molecule has 0 aromatic carbocycles. The van der Waals surface area contributed by atoms with Gasteiger partial charge in [-0.15, -0.1) is 0 Å². The molecule has 0 amide bonds. The van der Waals surface area contributed by atoms with Gasteiger partial charge >= 0.3 is 0 Å². The topological polar surface area (TPSA) is 9.23 Å². The fourth-order valence-electron chi connectivity index (χ4n) is 3.27. The van der Waals surface area contributed by atoms with Crippen LogP contribution in [0.2, 0.25) is 0 Å². The molecule has 5 atom stereocenters. The Morgan fingerprint density at radius 1 is 1.00 bits per heavy atom. The molecule has 0 N–H and O–H groups in total. The predicted octanol–water partition coefficient (Wildman–Crippen LogP) is 3.24. The van der Waals surface area contributed by atoms with E-state index in [9.17, 15) is 0 Å². The van der Waals surface area contributed by atoms with E-state index in [4.69, 9.17) is 4.74 Å². The summed E-state index contributed by atoms with van der Waals surface area (Å²) in [6.07, 6.45) is 6.52. The van der Waals surface area contributed by atoms with Crippen molar-refractivity contribution in [3.8, 4) is 0 Å². The highest BCUT2D eigenvalue weighted by Gasteiger charge is 2.37. The lowest BCUT2D eigenvalue weighted by Crippen LogP contribution is -2.22. The molecule has 1 saturated carbocycles. The molecule has 0 spiro atoms. The fraction of sp³-hybridized carbons (Fsp3) is 1.00. The van der Waals surface area contributed by atoms with Crippen LogP contribution in [0, 0.1) is 17.8 Å². The summed E-state index contributed by atoms with van der Waals surface area (Å²) in [5, 5.41) is 0. The Labute approximate surface area is 81.9 Å². The SMILES string of the molecule is CC1CC(C)C(C2CCC(C)O2)C1. The minimum atomic E-state index is 0.521. The lowest BCUT2D eigenvalue weighted by molar-refractivity contribution is 0.00957. The minimum absolute atomic E-state index is 0.521. The molecule has 76 valence electrons. The lowest BCUT2D eigenvalue weighted by atomic mass is 9.90. The summed E-state index contributed by atoms with van der Waals surface area (Å²) in [7, 11) is 0. The molecule has 1 aliphatic carbocycles. The van der Waals surface area contributed by atoms with Crippen LogP contribution in [-0.2, 0) is 4.74 Å². The first-order chi connectivity index (χ1) is 6.16. The van der Waals surface area contributed by atoms with E-state index in [1.54, 1.807) is 0 Å². The van der Waals surface area contributed by atoms with E-state index < -0.39 is 0 Å². The van der Waals surface area contributed by atoms with E-state index in [1.807, 2.05) is 0 Å². The molecule has 0 radical (unpaired) electrons.